The third-order valence-electron chi connectivity index (χ3n) is 8.54. The van der Waals surface area contributed by atoms with Crippen molar-refractivity contribution in [2.24, 2.45) is 10.8 Å². The van der Waals surface area contributed by atoms with Gasteiger partial charge in [-0.2, -0.15) is 0 Å². The Morgan fingerprint density at radius 3 is 2.23 bits per heavy atom. The van der Waals surface area contributed by atoms with Crippen molar-refractivity contribution >= 4 is 0 Å². The molecule has 2 aromatic carbocycles. The summed E-state index contributed by atoms with van der Waals surface area (Å²) >= 11 is 0. The number of hydrogen-bond acceptors (Lipinski definition) is 3. The van der Waals surface area contributed by atoms with Crippen molar-refractivity contribution in [3.05, 3.63) is 89.2 Å². The average molecular weight is 535 g/mol. The molecule has 1 aliphatic rings. The summed E-state index contributed by atoms with van der Waals surface area (Å²) in [4.78, 5) is 0. The molecule has 0 spiro atoms. The van der Waals surface area contributed by atoms with Crippen molar-refractivity contribution in [3.63, 3.8) is 0 Å². The van der Waals surface area contributed by atoms with Crippen LogP contribution in [0.5, 0.6) is 5.75 Å². The largest absolute Gasteiger partial charge is 0.492 e. The van der Waals surface area contributed by atoms with Crippen molar-refractivity contribution in [1.82, 2.24) is 0 Å². The molecular weight excluding hydrogens is 480 g/mol. The van der Waals surface area contributed by atoms with Gasteiger partial charge in [0.2, 0.25) is 6.29 Å². The van der Waals surface area contributed by atoms with Gasteiger partial charge in [-0.1, -0.05) is 90.9 Å². The summed E-state index contributed by atoms with van der Waals surface area (Å²) in [6, 6.07) is 17.3. The molecule has 0 bridgehead atoms. The monoisotopic (exact) mass is 534 g/mol. The first-order valence-corrected chi connectivity index (χ1v) is 14.9. The van der Waals surface area contributed by atoms with E-state index in [0.717, 1.165) is 37.2 Å². The Bertz CT molecular complexity index is 1060. The summed E-state index contributed by atoms with van der Waals surface area (Å²) in [5.74, 6) is 1.70. The normalized spacial score (nSPS) is 18.4. The molecule has 0 saturated carbocycles. The molecule has 3 nitrogen and oxygen atoms in total. The highest BCUT2D eigenvalue weighted by molar-refractivity contribution is 5.40. The van der Waals surface area contributed by atoms with Crippen LogP contribution in [-0.4, -0.2) is 19.5 Å². The zero-order valence-electron chi connectivity index (χ0n) is 26.4. The molecule has 39 heavy (non-hydrogen) atoms. The predicted molar refractivity (Wildman–Crippen MR) is 166 cm³/mol. The molecule has 2 atom stereocenters. The maximum atomic E-state index is 6.59. The molecule has 0 aromatic heterocycles. The van der Waals surface area contributed by atoms with Crippen LogP contribution in [-0.2, 0) is 27.7 Å². The van der Waals surface area contributed by atoms with Crippen LogP contribution < -0.4 is 4.74 Å². The molecule has 1 aliphatic carbocycles. The van der Waals surface area contributed by atoms with Gasteiger partial charge < -0.3 is 14.2 Å². The number of ether oxygens (including phenoxy) is 3. The Morgan fingerprint density at radius 1 is 0.949 bits per heavy atom. The fourth-order valence-corrected chi connectivity index (χ4v) is 4.81. The second-order valence-electron chi connectivity index (χ2n) is 12.2. The van der Waals surface area contributed by atoms with Gasteiger partial charge in [0.1, 0.15) is 18.1 Å². The fourth-order valence-electron chi connectivity index (χ4n) is 4.81. The summed E-state index contributed by atoms with van der Waals surface area (Å²) in [7, 11) is 0. The van der Waals surface area contributed by atoms with E-state index in [4.69, 9.17) is 14.2 Å². The van der Waals surface area contributed by atoms with E-state index >= 15 is 0 Å². The molecule has 0 saturated heterocycles. The van der Waals surface area contributed by atoms with E-state index in [-0.39, 0.29) is 16.2 Å². The molecule has 0 heterocycles. The molecule has 3 heteroatoms. The van der Waals surface area contributed by atoms with Gasteiger partial charge in [0.05, 0.1) is 12.0 Å². The second kappa shape index (κ2) is 14.7. The number of aryl methyl sites for hydroxylation is 2. The van der Waals surface area contributed by atoms with Crippen molar-refractivity contribution in [2.45, 2.75) is 107 Å². The first-order chi connectivity index (χ1) is 18.5. The summed E-state index contributed by atoms with van der Waals surface area (Å²) in [6.07, 6.45) is 9.76. The topological polar surface area (TPSA) is 27.7 Å². The summed E-state index contributed by atoms with van der Waals surface area (Å²) < 4.78 is 18.9. The van der Waals surface area contributed by atoms with Crippen molar-refractivity contribution in [3.8, 4) is 5.75 Å². The lowest BCUT2D eigenvalue weighted by atomic mass is 9.66. The number of allylic oxidation sites excluding steroid dienone is 3. The van der Waals surface area contributed by atoms with Crippen LogP contribution in [0, 0.1) is 10.8 Å². The highest BCUT2D eigenvalue weighted by Crippen LogP contribution is 2.43. The molecule has 0 aliphatic heterocycles. The van der Waals surface area contributed by atoms with Crippen LogP contribution in [0.25, 0.3) is 0 Å². The van der Waals surface area contributed by atoms with E-state index in [0.29, 0.717) is 13.2 Å². The van der Waals surface area contributed by atoms with E-state index < -0.39 is 6.29 Å². The number of fused-ring (bicyclic) bond motifs is 1. The Balaban J connectivity index is 0.00000260. The standard InChI is InChI=1S/C34H48O3.C2H6/c1-9-13-28(10-2)35-24-25-36-31(34(8)23-21-27-14-11-12-15-30(27)34)37-29-18-16-26(17-19-29)20-22-33(6,7)32(3,4)5;1-2/h9-19,31H,20-25H2,1-8H3;1-2H3/b13-9-,28-10+;. The first kappa shape index (κ1) is 32.7. The second-order valence-corrected chi connectivity index (χ2v) is 12.2. The summed E-state index contributed by atoms with van der Waals surface area (Å²) in [5, 5.41) is 0. The zero-order valence-corrected chi connectivity index (χ0v) is 26.4. The average Bonchev–Trinajstić information content (AvgIpc) is 3.27. The lowest BCUT2D eigenvalue weighted by Gasteiger charge is -2.39. The molecule has 0 N–H and O–H groups in total. The Kier molecular flexibility index (Phi) is 12.4. The van der Waals surface area contributed by atoms with Gasteiger partial charge in [0, 0.05) is 0 Å². The first-order valence-electron chi connectivity index (χ1n) is 14.9. The molecular formula is C36H54O3. The third kappa shape index (κ3) is 8.73. The quantitative estimate of drug-likeness (QED) is 0.117. The van der Waals surface area contributed by atoms with Crippen LogP contribution in [0.1, 0.15) is 98.8 Å². The Labute approximate surface area is 239 Å². The van der Waals surface area contributed by atoms with E-state index in [9.17, 15) is 0 Å². The third-order valence-corrected chi connectivity index (χ3v) is 8.54. The van der Waals surface area contributed by atoms with Crippen LogP contribution in [0.4, 0.5) is 0 Å². The number of rotatable bonds is 12. The van der Waals surface area contributed by atoms with E-state index in [2.05, 4.69) is 90.1 Å². The van der Waals surface area contributed by atoms with Crippen LogP contribution >= 0.6 is 0 Å². The lowest BCUT2D eigenvalue weighted by Crippen LogP contribution is -2.42. The number of hydrogen-bond donors (Lipinski definition) is 0. The molecule has 2 unspecified atom stereocenters. The van der Waals surface area contributed by atoms with Crippen LogP contribution in [0.3, 0.4) is 0 Å². The van der Waals surface area contributed by atoms with Gasteiger partial charge in [-0.15, -0.1) is 0 Å². The predicted octanol–water partition coefficient (Wildman–Crippen LogP) is 9.84. The van der Waals surface area contributed by atoms with E-state index in [1.54, 1.807) is 0 Å². The van der Waals surface area contributed by atoms with Crippen LogP contribution in [0.15, 0.2) is 72.5 Å². The Morgan fingerprint density at radius 2 is 1.62 bits per heavy atom. The fraction of sp³-hybridized carbons (Fsp3) is 0.556. The van der Waals surface area contributed by atoms with Gasteiger partial charge >= 0.3 is 0 Å². The number of benzene rings is 2. The van der Waals surface area contributed by atoms with Crippen molar-refractivity contribution in [1.29, 1.82) is 0 Å². The minimum absolute atomic E-state index is 0.223. The van der Waals surface area contributed by atoms with E-state index in [1.807, 2.05) is 45.9 Å². The van der Waals surface area contributed by atoms with Gasteiger partial charge in [0.25, 0.3) is 0 Å². The highest BCUT2D eigenvalue weighted by atomic mass is 16.7. The Hall–Kier alpha value is -2.52. The molecule has 0 radical (unpaired) electrons. The molecule has 0 fully saturated rings. The van der Waals surface area contributed by atoms with Crippen LogP contribution in [0.2, 0.25) is 0 Å². The molecule has 3 rings (SSSR count). The van der Waals surface area contributed by atoms with Crippen molar-refractivity contribution < 1.29 is 14.2 Å². The zero-order chi connectivity index (χ0) is 29.1. The van der Waals surface area contributed by atoms with Gasteiger partial charge in [-0.25, -0.2) is 0 Å². The smallest absolute Gasteiger partial charge is 0.209 e. The minimum atomic E-state index is -0.402. The SMILES string of the molecule is C/C=C\C(=C/C)OCCOC(Oc1ccc(CCC(C)(C)C(C)(C)C)cc1)C1(C)CCc2ccccc21.CC. The van der Waals surface area contributed by atoms with Gasteiger partial charge in [-0.3, -0.25) is 0 Å². The molecule has 2 aromatic rings. The maximum absolute atomic E-state index is 6.59. The molecule has 216 valence electrons. The minimum Gasteiger partial charge on any atom is -0.492 e. The van der Waals surface area contributed by atoms with E-state index in [1.165, 1.54) is 16.7 Å². The lowest BCUT2D eigenvalue weighted by molar-refractivity contribution is -0.132. The highest BCUT2D eigenvalue weighted by Gasteiger charge is 2.43. The maximum Gasteiger partial charge on any atom is 0.209 e. The summed E-state index contributed by atoms with van der Waals surface area (Å²) in [5.41, 5.74) is 4.38. The van der Waals surface area contributed by atoms with Gasteiger partial charge in [0.15, 0.2) is 0 Å². The summed E-state index contributed by atoms with van der Waals surface area (Å²) in [6.45, 7) is 22.9. The van der Waals surface area contributed by atoms with Crippen molar-refractivity contribution in [2.75, 3.05) is 13.2 Å². The molecule has 0 amide bonds. The van der Waals surface area contributed by atoms with Gasteiger partial charge in [-0.05, 0) is 98.3 Å².